The molecule has 1 atom stereocenters. The van der Waals surface area contributed by atoms with Crippen LogP contribution in [-0.2, 0) is 24.4 Å². The number of halogens is 2. The van der Waals surface area contributed by atoms with Crippen LogP contribution in [0.2, 0.25) is 0 Å². The SMILES string of the molecule is Cc1n[nH]c2c(F)cc(NC(=O)c3ccc4c(c3)nc(CN3CCC(c5cccc(OCc6cc(F)c(C#N)s6)n5)CC3)n4C[C@@H]3CCO3)cc12. The van der Waals surface area contributed by atoms with Crippen molar-refractivity contribution < 1.29 is 23.0 Å². The van der Waals surface area contributed by atoms with E-state index in [1.807, 2.05) is 24.3 Å². The summed E-state index contributed by atoms with van der Waals surface area (Å²) < 4.78 is 42.3. The lowest BCUT2D eigenvalue weighted by atomic mass is 9.93. The summed E-state index contributed by atoms with van der Waals surface area (Å²) in [4.78, 5) is 26.2. The van der Waals surface area contributed by atoms with E-state index in [-0.39, 0.29) is 29.4 Å². The first kappa shape index (κ1) is 32.9. The minimum atomic E-state index is -0.525. The number of aromatic nitrogens is 5. The van der Waals surface area contributed by atoms with E-state index >= 15 is 0 Å². The zero-order valence-corrected chi connectivity index (χ0v) is 28.6. The molecule has 8 rings (SSSR count). The number of nitrogens with zero attached hydrogens (tertiary/aromatic N) is 6. The van der Waals surface area contributed by atoms with Crippen molar-refractivity contribution in [2.45, 2.75) is 57.9 Å². The summed E-state index contributed by atoms with van der Waals surface area (Å²) in [5.74, 6) is 0.297. The van der Waals surface area contributed by atoms with Crippen LogP contribution in [0.5, 0.6) is 5.88 Å². The first-order valence-corrected chi connectivity index (χ1v) is 17.7. The van der Waals surface area contributed by atoms with Crippen molar-refractivity contribution in [2.24, 2.45) is 0 Å². The van der Waals surface area contributed by atoms with Crippen molar-refractivity contribution in [3.8, 4) is 11.9 Å². The number of likely N-dealkylation sites (tertiary alicyclic amines) is 1. The number of pyridine rings is 1. The van der Waals surface area contributed by atoms with E-state index in [0.717, 1.165) is 67.3 Å². The van der Waals surface area contributed by atoms with Gasteiger partial charge in [0, 0.05) is 45.8 Å². The van der Waals surface area contributed by atoms with Gasteiger partial charge in [-0.05, 0) is 81.7 Å². The highest BCUT2D eigenvalue weighted by Crippen LogP contribution is 2.31. The number of piperidine rings is 1. The van der Waals surface area contributed by atoms with Gasteiger partial charge in [-0.15, -0.1) is 11.3 Å². The highest BCUT2D eigenvalue weighted by molar-refractivity contribution is 7.12. The summed E-state index contributed by atoms with van der Waals surface area (Å²) in [6.07, 6.45) is 2.94. The van der Waals surface area contributed by atoms with Gasteiger partial charge < -0.3 is 19.4 Å². The number of carbonyl (C=O) groups excluding carboxylic acids is 1. The van der Waals surface area contributed by atoms with E-state index in [0.29, 0.717) is 57.2 Å². The van der Waals surface area contributed by atoms with Crippen LogP contribution >= 0.6 is 11.3 Å². The van der Waals surface area contributed by atoms with Gasteiger partial charge in [-0.3, -0.25) is 14.8 Å². The molecule has 2 fully saturated rings. The second-order valence-corrected chi connectivity index (χ2v) is 14.1. The van der Waals surface area contributed by atoms with Gasteiger partial charge >= 0.3 is 0 Å². The molecule has 0 radical (unpaired) electrons. The van der Waals surface area contributed by atoms with Crippen molar-refractivity contribution in [1.29, 1.82) is 5.26 Å². The molecule has 0 unspecified atom stereocenters. The number of rotatable bonds is 10. The zero-order chi connectivity index (χ0) is 35.1. The second kappa shape index (κ2) is 13.8. The monoisotopic (exact) mass is 708 g/mol. The third kappa shape index (κ3) is 6.80. The molecule has 1 amide bonds. The molecule has 0 saturated carbocycles. The van der Waals surface area contributed by atoms with Gasteiger partial charge in [-0.2, -0.15) is 10.4 Å². The number of nitrogens with one attached hydrogen (secondary N) is 2. The van der Waals surface area contributed by atoms with E-state index in [9.17, 15) is 13.6 Å². The lowest BCUT2D eigenvalue weighted by Crippen LogP contribution is -2.35. The summed E-state index contributed by atoms with van der Waals surface area (Å²) in [6.45, 7) is 5.74. The maximum absolute atomic E-state index is 14.7. The van der Waals surface area contributed by atoms with Crippen molar-refractivity contribution in [3.63, 3.8) is 0 Å². The van der Waals surface area contributed by atoms with Gasteiger partial charge in [0.15, 0.2) is 11.6 Å². The molecule has 14 heteroatoms. The molecule has 4 aromatic heterocycles. The molecule has 2 N–H and O–H groups in total. The van der Waals surface area contributed by atoms with E-state index < -0.39 is 11.6 Å². The Bertz CT molecular complexity index is 2300. The van der Waals surface area contributed by atoms with E-state index in [2.05, 4.69) is 25.0 Å². The van der Waals surface area contributed by atoms with Gasteiger partial charge in [0.05, 0.1) is 35.9 Å². The number of nitriles is 1. The third-order valence-corrected chi connectivity index (χ3v) is 10.6. The molecular weight excluding hydrogens is 675 g/mol. The van der Waals surface area contributed by atoms with Crippen LogP contribution in [0.1, 0.15) is 62.5 Å². The number of ether oxygens (including phenoxy) is 2. The molecule has 0 bridgehead atoms. The van der Waals surface area contributed by atoms with Crippen LogP contribution in [0.4, 0.5) is 14.5 Å². The van der Waals surface area contributed by atoms with Crippen LogP contribution in [0.15, 0.2) is 54.6 Å². The number of carbonyl (C=O) groups is 1. The van der Waals surface area contributed by atoms with Gasteiger partial charge in [0.1, 0.15) is 28.9 Å². The molecule has 2 aliphatic rings. The Balaban J connectivity index is 0.943. The van der Waals surface area contributed by atoms with Crippen LogP contribution in [0, 0.1) is 29.9 Å². The zero-order valence-electron chi connectivity index (χ0n) is 27.8. The van der Waals surface area contributed by atoms with Crippen LogP contribution in [0.25, 0.3) is 21.9 Å². The topological polar surface area (TPSA) is 134 Å². The number of anilines is 1. The number of hydrogen-bond acceptors (Lipinski definition) is 9. The highest BCUT2D eigenvalue weighted by Gasteiger charge is 2.26. The van der Waals surface area contributed by atoms with Crippen LogP contribution in [0.3, 0.4) is 0 Å². The number of thiophene rings is 1. The summed E-state index contributed by atoms with van der Waals surface area (Å²) >= 11 is 1.08. The predicted molar refractivity (Wildman–Crippen MR) is 188 cm³/mol. The highest BCUT2D eigenvalue weighted by atomic mass is 32.1. The van der Waals surface area contributed by atoms with Crippen molar-refractivity contribution in [3.05, 3.63) is 98.8 Å². The number of imidazole rings is 1. The molecule has 2 aromatic carbocycles. The predicted octanol–water partition coefficient (Wildman–Crippen LogP) is 6.83. The van der Waals surface area contributed by atoms with E-state index in [4.69, 9.17) is 24.7 Å². The number of benzene rings is 2. The number of hydrogen-bond donors (Lipinski definition) is 2. The van der Waals surface area contributed by atoms with Crippen molar-refractivity contribution in [1.82, 2.24) is 29.6 Å². The molecule has 2 saturated heterocycles. The smallest absolute Gasteiger partial charge is 0.255 e. The lowest BCUT2D eigenvalue weighted by molar-refractivity contribution is -0.0592. The average molecular weight is 709 g/mol. The first-order chi connectivity index (χ1) is 24.8. The molecule has 6 aromatic rings. The van der Waals surface area contributed by atoms with Gasteiger partial charge in [-0.1, -0.05) is 6.07 Å². The second-order valence-electron chi connectivity index (χ2n) is 13.0. The lowest BCUT2D eigenvalue weighted by Gasteiger charge is -2.32. The quantitative estimate of drug-likeness (QED) is 0.158. The standard InChI is InChI=1S/C37H34F2N8O3S/c1-21-27-14-24(15-29(39)36(27)45-44-21)41-37(48)23-5-6-32-31(13-23)42-34(47(32)18-25-9-12-49-25)19-46-10-7-22(8-11-46)30-3-2-4-35(43-30)50-20-26-16-28(38)33(17-40)51-26/h2-6,13-16,22,25H,7-12,18-20H2,1H3,(H,41,48)(H,44,45)/t25-/m0/s1. The Labute approximate surface area is 295 Å². The fourth-order valence-corrected chi connectivity index (χ4v) is 7.54. The van der Waals surface area contributed by atoms with Crippen LogP contribution in [-0.4, -0.2) is 61.3 Å². The number of aromatic amines is 1. The van der Waals surface area contributed by atoms with Gasteiger partial charge in [0.25, 0.3) is 5.91 Å². The van der Waals surface area contributed by atoms with Crippen LogP contribution < -0.4 is 10.1 Å². The first-order valence-electron chi connectivity index (χ1n) is 16.9. The minimum Gasteiger partial charge on any atom is -0.472 e. The largest absolute Gasteiger partial charge is 0.472 e. The summed E-state index contributed by atoms with van der Waals surface area (Å²) in [5.41, 5.74) is 4.35. The van der Waals surface area contributed by atoms with Crippen molar-refractivity contribution in [2.75, 3.05) is 25.0 Å². The molecule has 51 heavy (non-hydrogen) atoms. The molecule has 0 aliphatic carbocycles. The normalized spacial score (nSPS) is 16.7. The number of amides is 1. The Kier molecular flexibility index (Phi) is 8.93. The molecular formula is C37H34F2N8O3S. The van der Waals surface area contributed by atoms with Crippen molar-refractivity contribution >= 4 is 44.9 Å². The van der Waals surface area contributed by atoms with Gasteiger partial charge in [0.2, 0.25) is 5.88 Å². The van der Waals surface area contributed by atoms with E-state index in [1.165, 1.54) is 12.1 Å². The average Bonchev–Trinajstić information content (AvgIpc) is 3.79. The molecule has 0 spiro atoms. The summed E-state index contributed by atoms with van der Waals surface area (Å²) in [5, 5.41) is 19.2. The Morgan fingerprint density at radius 3 is 2.73 bits per heavy atom. The Morgan fingerprint density at radius 1 is 1.12 bits per heavy atom. The number of fused-ring (bicyclic) bond motifs is 2. The Morgan fingerprint density at radius 2 is 1.96 bits per heavy atom. The van der Waals surface area contributed by atoms with E-state index in [1.54, 1.807) is 31.2 Å². The Hall–Kier alpha value is -5.23. The maximum Gasteiger partial charge on any atom is 0.255 e. The third-order valence-electron chi connectivity index (χ3n) is 9.66. The molecule has 2 aliphatic heterocycles. The number of H-pyrrole nitrogens is 1. The summed E-state index contributed by atoms with van der Waals surface area (Å²) in [7, 11) is 0. The molecule has 260 valence electrons. The fraction of sp³-hybridized carbons (Fsp3) is 0.324. The van der Waals surface area contributed by atoms with Gasteiger partial charge in [-0.25, -0.2) is 18.7 Å². The summed E-state index contributed by atoms with van der Waals surface area (Å²) in [6, 6.07) is 17.4. The number of aryl methyl sites for hydroxylation is 1. The molecule has 6 heterocycles. The fourth-order valence-electron chi connectivity index (χ4n) is 6.79. The maximum atomic E-state index is 14.7. The molecule has 11 nitrogen and oxygen atoms in total. The minimum absolute atomic E-state index is 0.0517.